The van der Waals surface area contributed by atoms with Gasteiger partial charge < -0.3 is 10.6 Å². The first-order valence-electron chi connectivity index (χ1n) is 11.7. The molecule has 36 heavy (non-hydrogen) atoms. The van der Waals surface area contributed by atoms with E-state index in [0.717, 1.165) is 31.7 Å². The van der Waals surface area contributed by atoms with Gasteiger partial charge in [-0.05, 0) is 67.1 Å². The number of rotatable bonds is 6. The highest BCUT2D eigenvalue weighted by Gasteiger charge is 2.32. The lowest BCUT2D eigenvalue weighted by molar-refractivity contribution is -0.117. The lowest BCUT2D eigenvalue weighted by atomic mass is 10.2. The van der Waals surface area contributed by atoms with E-state index in [9.17, 15) is 9.59 Å². The molecule has 0 radical (unpaired) electrons. The number of carbonyl (C=O) groups is 2. The summed E-state index contributed by atoms with van der Waals surface area (Å²) >= 11 is 3.24. The summed E-state index contributed by atoms with van der Waals surface area (Å²) in [6, 6.07) is 32.7. The van der Waals surface area contributed by atoms with Crippen LogP contribution in [0.3, 0.4) is 0 Å². The van der Waals surface area contributed by atoms with Gasteiger partial charge >= 0.3 is 6.03 Å². The molecule has 1 unspecified atom stereocenters. The Morgan fingerprint density at radius 2 is 1.28 bits per heavy atom. The summed E-state index contributed by atoms with van der Waals surface area (Å²) in [5, 5.41) is 5.40. The van der Waals surface area contributed by atoms with Gasteiger partial charge in [-0.1, -0.05) is 61.2 Å². The maximum atomic E-state index is 13.9. The van der Waals surface area contributed by atoms with Crippen molar-refractivity contribution in [3.8, 4) is 0 Å². The van der Waals surface area contributed by atoms with Crippen LogP contribution >= 0.6 is 23.5 Å². The SMILES string of the molecule is CCC(Sc1ccc(NC(=O)Nc2ccccc2)cc1)C(=O)N1c2ccccc2Sc2ccccc21. The van der Waals surface area contributed by atoms with E-state index >= 15 is 0 Å². The molecule has 5 nitrogen and oxygen atoms in total. The summed E-state index contributed by atoms with van der Waals surface area (Å²) in [7, 11) is 0. The molecule has 0 fully saturated rings. The van der Waals surface area contributed by atoms with Gasteiger partial charge in [-0.15, -0.1) is 11.8 Å². The van der Waals surface area contributed by atoms with E-state index in [-0.39, 0.29) is 17.2 Å². The summed E-state index contributed by atoms with van der Waals surface area (Å²) < 4.78 is 0. The number of nitrogens with zero attached hydrogens (tertiary/aromatic N) is 1. The number of fused-ring (bicyclic) bond motifs is 2. The Morgan fingerprint density at radius 1 is 0.750 bits per heavy atom. The van der Waals surface area contributed by atoms with Gasteiger partial charge in [-0.2, -0.15) is 0 Å². The van der Waals surface area contributed by atoms with Gasteiger partial charge in [-0.25, -0.2) is 4.79 Å². The van der Waals surface area contributed by atoms with Crippen LogP contribution in [0.4, 0.5) is 27.5 Å². The fourth-order valence-electron chi connectivity index (χ4n) is 3.99. The first kappa shape index (κ1) is 24.0. The summed E-state index contributed by atoms with van der Waals surface area (Å²) in [5.41, 5.74) is 3.26. The van der Waals surface area contributed by atoms with Crippen LogP contribution < -0.4 is 15.5 Å². The van der Waals surface area contributed by atoms with Crippen LogP contribution in [0.15, 0.2) is 118 Å². The second kappa shape index (κ2) is 10.9. The Bertz CT molecular complexity index is 1330. The smallest absolute Gasteiger partial charge is 0.308 e. The summed E-state index contributed by atoms with van der Waals surface area (Å²) in [6.45, 7) is 2.04. The largest absolute Gasteiger partial charge is 0.323 e. The molecule has 3 amide bonds. The molecular weight excluding hydrogens is 486 g/mol. The average molecular weight is 512 g/mol. The number of amides is 3. The maximum Gasteiger partial charge on any atom is 0.323 e. The third kappa shape index (κ3) is 5.27. The minimum atomic E-state index is -0.302. The van der Waals surface area contributed by atoms with Crippen LogP contribution in [-0.4, -0.2) is 17.2 Å². The van der Waals surface area contributed by atoms with Crippen molar-refractivity contribution in [2.45, 2.75) is 33.3 Å². The molecule has 1 atom stereocenters. The molecule has 1 heterocycles. The molecule has 1 aliphatic heterocycles. The molecule has 1 aliphatic rings. The standard InChI is InChI=1S/C29H25N3O2S2/c1-2-25(28(33)32-23-12-6-8-14-26(23)36-27-15-9-7-13-24(27)32)35-22-18-16-21(17-19-22)31-29(34)30-20-10-4-3-5-11-20/h3-19,25H,2H2,1H3,(H2,30,31,34). The summed E-state index contributed by atoms with van der Waals surface area (Å²) in [5.74, 6) is 0.0622. The van der Waals surface area contributed by atoms with E-state index < -0.39 is 0 Å². The van der Waals surface area contributed by atoms with Crippen molar-refractivity contribution >= 4 is 58.2 Å². The lowest BCUT2D eigenvalue weighted by Crippen LogP contribution is -2.35. The van der Waals surface area contributed by atoms with Crippen LogP contribution in [0.5, 0.6) is 0 Å². The Kier molecular flexibility index (Phi) is 7.30. The van der Waals surface area contributed by atoms with Crippen molar-refractivity contribution in [3.05, 3.63) is 103 Å². The van der Waals surface area contributed by atoms with Crippen LogP contribution in [0, 0.1) is 0 Å². The van der Waals surface area contributed by atoms with Crippen molar-refractivity contribution in [1.82, 2.24) is 0 Å². The fraction of sp³-hybridized carbons (Fsp3) is 0.103. The number of carbonyl (C=O) groups excluding carboxylic acids is 2. The van der Waals surface area contributed by atoms with Gasteiger partial charge in [0.25, 0.3) is 0 Å². The average Bonchev–Trinajstić information content (AvgIpc) is 2.91. The lowest BCUT2D eigenvalue weighted by Gasteiger charge is -2.33. The molecule has 7 heteroatoms. The fourth-order valence-corrected chi connectivity index (χ4v) is 6.04. The van der Waals surface area contributed by atoms with Gasteiger partial charge in [0, 0.05) is 26.1 Å². The molecule has 0 saturated heterocycles. The third-order valence-electron chi connectivity index (χ3n) is 5.72. The minimum absolute atomic E-state index is 0.0622. The third-order valence-corrected chi connectivity index (χ3v) is 8.22. The topological polar surface area (TPSA) is 61.4 Å². The van der Waals surface area contributed by atoms with Gasteiger partial charge in [0.15, 0.2) is 0 Å². The number of anilines is 4. The molecule has 4 aromatic rings. The van der Waals surface area contributed by atoms with Gasteiger partial charge in [-0.3, -0.25) is 9.69 Å². The van der Waals surface area contributed by atoms with Crippen molar-refractivity contribution in [2.24, 2.45) is 0 Å². The summed E-state index contributed by atoms with van der Waals surface area (Å²) in [6.07, 6.45) is 0.691. The molecule has 4 aromatic carbocycles. The maximum absolute atomic E-state index is 13.9. The molecule has 5 rings (SSSR count). The first-order chi connectivity index (χ1) is 17.6. The number of hydrogen-bond donors (Lipinski definition) is 2. The number of para-hydroxylation sites is 3. The Labute approximate surface area is 219 Å². The van der Waals surface area contributed by atoms with Crippen LogP contribution in [0.25, 0.3) is 0 Å². The molecule has 0 spiro atoms. The van der Waals surface area contributed by atoms with E-state index in [2.05, 4.69) is 22.8 Å². The zero-order chi connectivity index (χ0) is 24.9. The van der Waals surface area contributed by atoms with E-state index in [4.69, 9.17) is 0 Å². The number of hydrogen-bond acceptors (Lipinski definition) is 4. The second-order valence-electron chi connectivity index (χ2n) is 8.20. The second-order valence-corrected chi connectivity index (χ2v) is 10.6. The predicted octanol–water partition coefficient (Wildman–Crippen LogP) is 8.03. The molecule has 2 N–H and O–H groups in total. The molecular formula is C29H25N3O2S2. The number of nitrogens with one attached hydrogen (secondary N) is 2. The first-order valence-corrected chi connectivity index (χ1v) is 13.4. The zero-order valence-corrected chi connectivity index (χ0v) is 21.3. The number of urea groups is 1. The normalized spacial score (nSPS) is 12.8. The summed E-state index contributed by atoms with van der Waals surface area (Å²) in [4.78, 5) is 31.1. The molecule has 0 aliphatic carbocycles. The van der Waals surface area contributed by atoms with Gasteiger partial charge in [0.05, 0.1) is 16.6 Å². The minimum Gasteiger partial charge on any atom is -0.308 e. The Balaban J connectivity index is 1.30. The van der Waals surface area contributed by atoms with Crippen molar-refractivity contribution in [1.29, 1.82) is 0 Å². The molecule has 0 aromatic heterocycles. The molecule has 180 valence electrons. The van der Waals surface area contributed by atoms with Crippen LogP contribution in [0.2, 0.25) is 0 Å². The van der Waals surface area contributed by atoms with Gasteiger partial charge in [0.2, 0.25) is 5.91 Å². The van der Waals surface area contributed by atoms with E-state index in [0.29, 0.717) is 12.1 Å². The quantitative estimate of drug-likeness (QED) is 0.257. The van der Waals surface area contributed by atoms with Crippen LogP contribution in [0.1, 0.15) is 13.3 Å². The zero-order valence-electron chi connectivity index (χ0n) is 19.7. The van der Waals surface area contributed by atoms with Gasteiger partial charge in [0.1, 0.15) is 0 Å². The molecule has 0 saturated carbocycles. The highest BCUT2D eigenvalue weighted by Crippen LogP contribution is 2.48. The Morgan fingerprint density at radius 3 is 1.86 bits per heavy atom. The molecule has 0 bridgehead atoms. The monoisotopic (exact) mass is 511 g/mol. The number of benzene rings is 4. The highest BCUT2D eigenvalue weighted by atomic mass is 32.2. The van der Waals surface area contributed by atoms with E-state index in [1.165, 1.54) is 0 Å². The van der Waals surface area contributed by atoms with E-state index in [1.54, 1.807) is 23.5 Å². The van der Waals surface area contributed by atoms with Crippen molar-refractivity contribution in [3.63, 3.8) is 0 Å². The Hall–Kier alpha value is -3.68. The van der Waals surface area contributed by atoms with Crippen molar-refractivity contribution in [2.75, 3.05) is 15.5 Å². The van der Waals surface area contributed by atoms with Crippen molar-refractivity contribution < 1.29 is 9.59 Å². The van der Waals surface area contributed by atoms with E-state index in [1.807, 2.05) is 103 Å². The van der Waals surface area contributed by atoms with Crippen LogP contribution in [-0.2, 0) is 4.79 Å². The number of thioether (sulfide) groups is 1. The highest BCUT2D eigenvalue weighted by molar-refractivity contribution is 8.00. The predicted molar refractivity (Wildman–Crippen MR) is 150 cm³/mol.